The van der Waals surface area contributed by atoms with E-state index >= 15 is 0 Å². The van der Waals surface area contributed by atoms with Gasteiger partial charge in [0, 0.05) is 11.6 Å². The molecule has 0 atom stereocenters. The Morgan fingerprint density at radius 1 is 1.07 bits per heavy atom. The van der Waals surface area contributed by atoms with Crippen LogP contribution in [0.4, 0.5) is 10.8 Å². The van der Waals surface area contributed by atoms with Crippen molar-refractivity contribution in [1.82, 2.24) is 4.98 Å². The molecule has 0 fully saturated rings. The Labute approximate surface area is 169 Å². The number of thiazole rings is 1. The maximum Gasteiger partial charge on any atom is 0.274 e. The number of amides is 1. The van der Waals surface area contributed by atoms with E-state index < -0.39 is 4.92 Å². The van der Waals surface area contributed by atoms with Gasteiger partial charge in [-0.25, -0.2) is 4.98 Å². The average Bonchev–Trinajstić information content (AvgIpc) is 3.16. The van der Waals surface area contributed by atoms with E-state index in [0.29, 0.717) is 20.9 Å². The fourth-order valence-electron chi connectivity index (χ4n) is 2.91. The van der Waals surface area contributed by atoms with Crippen molar-refractivity contribution in [2.45, 2.75) is 0 Å². The molecule has 29 heavy (non-hydrogen) atoms. The SMILES string of the molecule is COc1cc([N+](=O)[O-])cc2sc(NC(=O)c3ccc(-c4ccccc4)cc3)nc12. The second kappa shape index (κ2) is 7.69. The number of nitrogens with zero attached hydrogens (tertiary/aromatic N) is 2. The van der Waals surface area contributed by atoms with E-state index in [0.717, 1.165) is 22.5 Å². The lowest BCUT2D eigenvalue weighted by Crippen LogP contribution is -2.11. The molecule has 0 aliphatic rings. The molecule has 0 saturated heterocycles. The molecule has 3 aromatic carbocycles. The van der Waals surface area contributed by atoms with Gasteiger partial charge >= 0.3 is 0 Å². The number of benzene rings is 3. The minimum Gasteiger partial charge on any atom is -0.494 e. The van der Waals surface area contributed by atoms with Crippen LogP contribution in [0.2, 0.25) is 0 Å². The third-order valence-electron chi connectivity index (χ3n) is 4.35. The second-order valence-corrected chi connectivity index (χ2v) is 7.20. The predicted molar refractivity (Wildman–Crippen MR) is 113 cm³/mol. The first kappa shape index (κ1) is 18.6. The van der Waals surface area contributed by atoms with Gasteiger partial charge in [0.25, 0.3) is 11.6 Å². The largest absolute Gasteiger partial charge is 0.494 e. The molecule has 1 heterocycles. The van der Waals surface area contributed by atoms with E-state index in [4.69, 9.17) is 4.74 Å². The number of non-ortho nitro benzene ring substituents is 1. The Kier molecular flexibility index (Phi) is 4.92. The van der Waals surface area contributed by atoms with E-state index in [1.807, 2.05) is 42.5 Å². The second-order valence-electron chi connectivity index (χ2n) is 6.17. The molecule has 7 nitrogen and oxygen atoms in total. The van der Waals surface area contributed by atoms with Gasteiger partial charge in [-0.1, -0.05) is 53.8 Å². The van der Waals surface area contributed by atoms with Crippen LogP contribution in [0.1, 0.15) is 10.4 Å². The van der Waals surface area contributed by atoms with Crippen molar-refractivity contribution in [3.8, 4) is 16.9 Å². The van der Waals surface area contributed by atoms with Gasteiger partial charge in [-0.05, 0) is 23.3 Å². The molecule has 0 aliphatic heterocycles. The molecular weight excluding hydrogens is 390 g/mol. The highest BCUT2D eigenvalue weighted by molar-refractivity contribution is 7.22. The first-order chi connectivity index (χ1) is 14.0. The number of ether oxygens (including phenoxy) is 1. The molecule has 0 spiro atoms. The number of fused-ring (bicyclic) bond motifs is 1. The van der Waals surface area contributed by atoms with Crippen LogP contribution in [-0.2, 0) is 0 Å². The molecule has 0 unspecified atom stereocenters. The van der Waals surface area contributed by atoms with Crippen LogP contribution in [0.3, 0.4) is 0 Å². The molecule has 0 radical (unpaired) electrons. The Bertz CT molecular complexity index is 1200. The Hall–Kier alpha value is -3.78. The zero-order valence-corrected chi connectivity index (χ0v) is 16.1. The van der Waals surface area contributed by atoms with Crippen molar-refractivity contribution in [2.24, 2.45) is 0 Å². The maximum absolute atomic E-state index is 12.6. The van der Waals surface area contributed by atoms with E-state index in [9.17, 15) is 14.9 Å². The maximum atomic E-state index is 12.6. The van der Waals surface area contributed by atoms with Crippen molar-refractivity contribution >= 4 is 38.3 Å². The number of nitro groups is 1. The smallest absolute Gasteiger partial charge is 0.274 e. The summed E-state index contributed by atoms with van der Waals surface area (Å²) in [5.41, 5.74) is 2.95. The van der Waals surface area contributed by atoms with Gasteiger partial charge in [0.15, 0.2) is 10.9 Å². The summed E-state index contributed by atoms with van der Waals surface area (Å²) in [7, 11) is 1.42. The van der Waals surface area contributed by atoms with Crippen LogP contribution in [0, 0.1) is 10.1 Å². The lowest BCUT2D eigenvalue weighted by Gasteiger charge is -2.04. The summed E-state index contributed by atoms with van der Waals surface area (Å²) in [6, 6.07) is 19.9. The van der Waals surface area contributed by atoms with Gasteiger partial charge < -0.3 is 4.74 Å². The van der Waals surface area contributed by atoms with Crippen molar-refractivity contribution in [1.29, 1.82) is 0 Å². The summed E-state index contributed by atoms with van der Waals surface area (Å²) in [4.78, 5) is 27.5. The van der Waals surface area contributed by atoms with Crippen LogP contribution in [0.15, 0.2) is 66.7 Å². The fourth-order valence-corrected chi connectivity index (χ4v) is 3.82. The molecular formula is C21H15N3O4S. The molecule has 0 saturated carbocycles. The summed E-state index contributed by atoms with van der Waals surface area (Å²) < 4.78 is 5.76. The van der Waals surface area contributed by atoms with Crippen LogP contribution < -0.4 is 10.1 Å². The number of anilines is 1. The zero-order chi connectivity index (χ0) is 20.4. The number of methoxy groups -OCH3 is 1. The van der Waals surface area contributed by atoms with Crippen molar-refractivity contribution < 1.29 is 14.5 Å². The van der Waals surface area contributed by atoms with E-state index in [1.165, 1.54) is 19.2 Å². The number of nitro benzene ring substituents is 1. The summed E-state index contributed by atoms with van der Waals surface area (Å²) in [5.74, 6) is -0.0182. The number of rotatable bonds is 5. The van der Waals surface area contributed by atoms with Crippen LogP contribution in [0.25, 0.3) is 21.3 Å². The molecule has 1 amide bonds. The summed E-state index contributed by atoms with van der Waals surface area (Å²) in [6.45, 7) is 0. The summed E-state index contributed by atoms with van der Waals surface area (Å²) >= 11 is 1.15. The van der Waals surface area contributed by atoms with Gasteiger partial charge in [-0.15, -0.1) is 0 Å². The molecule has 144 valence electrons. The van der Waals surface area contributed by atoms with Gasteiger partial charge in [-0.3, -0.25) is 20.2 Å². The monoisotopic (exact) mass is 405 g/mol. The average molecular weight is 405 g/mol. The standard InChI is InChI=1S/C21H15N3O4S/c1-28-17-11-16(24(26)27)12-18-19(17)22-21(29-18)23-20(25)15-9-7-14(8-10-15)13-5-3-2-4-6-13/h2-12H,1H3,(H,22,23,25). The van der Waals surface area contributed by atoms with Crippen LogP contribution in [0.5, 0.6) is 5.75 Å². The van der Waals surface area contributed by atoms with Gasteiger partial charge in [-0.2, -0.15) is 0 Å². The summed E-state index contributed by atoms with van der Waals surface area (Å²) in [5, 5.41) is 14.2. The normalized spacial score (nSPS) is 10.7. The molecule has 1 aromatic heterocycles. The van der Waals surface area contributed by atoms with Crippen molar-refractivity contribution in [3.05, 3.63) is 82.4 Å². The first-order valence-corrected chi connectivity index (χ1v) is 9.46. The van der Waals surface area contributed by atoms with E-state index in [-0.39, 0.29) is 17.3 Å². The quantitative estimate of drug-likeness (QED) is 0.367. The molecule has 0 aliphatic carbocycles. The molecule has 1 N–H and O–H groups in total. The molecule has 4 aromatic rings. The Morgan fingerprint density at radius 2 is 1.76 bits per heavy atom. The van der Waals surface area contributed by atoms with Gasteiger partial charge in [0.2, 0.25) is 0 Å². The third kappa shape index (κ3) is 3.78. The van der Waals surface area contributed by atoms with Crippen molar-refractivity contribution in [2.75, 3.05) is 12.4 Å². The molecule has 4 rings (SSSR count). The van der Waals surface area contributed by atoms with Gasteiger partial charge in [0.05, 0.1) is 22.8 Å². The minimum atomic E-state index is -0.492. The minimum absolute atomic E-state index is 0.0904. The number of hydrogen-bond acceptors (Lipinski definition) is 6. The highest BCUT2D eigenvalue weighted by Gasteiger charge is 2.17. The zero-order valence-electron chi connectivity index (χ0n) is 15.3. The van der Waals surface area contributed by atoms with Crippen molar-refractivity contribution in [3.63, 3.8) is 0 Å². The Balaban J connectivity index is 1.58. The lowest BCUT2D eigenvalue weighted by molar-refractivity contribution is -0.384. The van der Waals surface area contributed by atoms with E-state index in [1.54, 1.807) is 12.1 Å². The predicted octanol–water partition coefficient (Wildman–Crippen LogP) is 5.13. The highest BCUT2D eigenvalue weighted by Crippen LogP contribution is 2.36. The topological polar surface area (TPSA) is 94.4 Å². The van der Waals surface area contributed by atoms with Crippen LogP contribution >= 0.6 is 11.3 Å². The van der Waals surface area contributed by atoms with E-state index in [2.05, 4.69) is 10.3 Å². The number of hydrogen-bond donors (Lipinski definition) is 1. The molecule has 8 heteroatoms. The fraction of sp³-hybridized carbons (Fsp3) is 0.0476. The number of carbonyl (C=O) groups is 1. The molecule has 0 bridgehead atoms. The Morgan fingerprint density at radius 3 is 2.41 bits per heavy atom. The number of nitrogens with one attached hydrogen (secondary N) is 1. The number of aromatic nitrogens is 1. The first-order valence-electron chi connectivity index (χ1n) is 8.65. The lowest BCUT2D eigenvalue weighted by atomic mass is 10.0. The third-order valence-corrected chi connectivity index (χ3v) is 5.27. The van der Waals surface area contributed by atoms with Crippen LogP contribution in [-0.4, -0.2) is 22.9 Å². The highest BCUT2D eigenvalue weighted by atomic mass is 32.1. The number of carbonyl (C=O) groups excluding carboxylic acids is 1. The summed E-state index contributed by atoms with van der Waals surface area (Å²) in [6.07, 6.45) is 0. The van der Waals surface area contributed by atoms with Gasteiger partial charge in [0.1, 0.15) is 5.52 Å².